The van der Waals surface area contributed by atoms with Gasteiger partial charge < -0.3 is 39.1 Å². The van der Waals surface area contributed by atoms with E-state index in [0.717, 1.165) is 11.1 Å². The average Bonchev–Trinajstić information content (AvgIpc) is 3.80. The maximum Gasteiger partial charge on any atom is 0.339 e. The van der Waals surface area contributed by atoms with E-state index in [2.05, 4.69) is 5.32 Å². The largest absolute Gasteiger partial charge is 0.503 e. The Morgan fingerprint density at radius 1 is 0.906 bits per heavy atom. The van der Waals surface area contributed by atoms with Gasteiger partial charge in [-0.2, -0.15) is 0 Å². The van der Waals surface area contributed by atoms with E-state index < -0.39 is 59.1 Å². The summed E-state index contributed by atoms with van der Waals surface area (Å²) in [5, 5.41) is 23.8. The summed E-state index contributed by atoms with van der Waals surface area (Å²) in [6.45, 7) is 6.54. The number of carbonyl (C=O) groups excluding carboxylic acids is 3. The van der Waals surface area contributed by atoms with Gasteiger partial charge in [0.25, 0.3) is 11.8 Å². The molecule has 1 aliphatic rings. The Balaban J connectivity index is 1.53. The van der Waals surface area contributed by atoms with E-state index in [4.69, 9.17) is 18.6 Å². The van der Waals surface area contributed by atoms with Gasteiger partial charge in [-0.3, -0.25) is 14.4 Å². The number of carboxylic acids is 1. The minimum atomic E-state index is -1.43. The fourth-order valence-electron chi connectivity index (χ4n) is 5.78. The first-order valence-corrected chi connectivity index (χ1v) is 17.0. The first-order chi connectivity index (χ1) is 25.3. The molecule has 2 atom stereocenters. The summed E-state index contributed by atoms with van der Waals surface area (Å²) in [6.07, 6.45) is 2.78. The first-order valence-electron chi connectivity index (χ1n) is 17.0. The van der Waals surface area contributed by atoms with Crippen LogP contribution in [0.25, 0.3) is 6.08 Å². The zero-order chi connectivity index (χ0) is 38.1. The lowest BCUT2D eigenvalue weighted by atomic mass is 9.87. The zero-order valence-electron chi connectivity index (χ0n) is 29.9. The van der Waals surface area contributed by atoms with Gasteiger partial charge in [-0.05, 0) is 75.2 Å². The van der Waals surface area contributed by atoms with Crippen molar-refractivity contribution in [2.75, 3.05) is 18.7 Å². The van der Waals surface area contributed by atoms with Crippen molar-refractivity contribution in [3.63, 3.8) is 0 Å². The number of aliphatic hydroxyl groups excluding tert-OH is 1. The van der Waals surface area contributed by atoms with E-state index in [0.29, 0.717) is 22.9 Å². The molecule has 0 fully saturated rings. The van der Waals surface area contributed by atoms with Gasteiger partial charge in [0.05, 0.1) is 12.0 Å². The number of rotatable bonds is 14. The standard InChI is InChI=1S/C41H42N2O10/c1-26(43(21-11-14-27-12-7-5-8-13-27)39(48)37(46)32(24-36(44)45)40(49)53-41(2,3)4)31(28-17-19-33-35(22-28)51-25-50-33)23-30-18-20-34(52-30)38(47)42-29-15-9-6-10-16-29/h5-20,22,26,31,46H,21,23-25H2,1-4H3,(H,42,47)(H,44,45). The highest BCUT2D eigenvalue weighted by atomic mass is 16.7. The van der Waals surface area contributed by atoms with Gasteiger partial charge >= 0.3 is 11.9 Å². The van der Waals surface area contributed by atoms with Crippen LogP contribution in [0.15, 0.2) is 113 Å². The molecule has 2 heterocycles. The number of anilines is 1. The summed E-state index contributed by atoms with van der Waals surface area (Å²) >= 11 is 0. The summed E-state index contributed by atoms with van der Waals surface area (Å²) in [4.78, 5) is 53.7. The minimum Gasteiger partial charge on any atom is -0.503 e. The van der Waals surface area contributed by atoms with Crippen molar-refractivity contribution in [2.45, 2.75) is 58.1 Å². The summed E-state index contributed by atoms with van der Waals surface area (Å²) in [7, 11) is 0. The van der Waals surface area contributed by atoms with Crippen LogP contribution in [-0.2, 0) is 25.5 Å². The third-order valence-corrected chi connectivity index (χ3v) is 8.37. The number of benzene rings is 3. The lowest BCUT2D eigenvalue weighted by Gasteiger charge is -2.34. The molecule has 12 nitrogen and oxygen atoms in total. The summed E-state index contributed by atoms with van der Waals surface area (Å²) in [6, 6.07) is 26.2. The second kappa shape index (κ2) is 16.8. The van der Waals surface area contributed by atoms with Gasteiger partial charge in [-0.1, -0.05) is 66.7 Å². The molecule has 0 radical (unpaired) electrons. The molecule has 0 aliphatic carbocycles. The van der Waals surface area contributed by atoms with Crippen molar-refractivity contribution in [2.24, 2.45) is 0 Å². The highest BCUT2D eigenvalue weighted by Crippen LogP contribution is 2.38. The van der Waals surface area contributed by atoms with Crippen molar-refractivity contribution < 1.29 is 48.0 Å². The Hall–Kier alpha value is -6.30. The number of furan rings is 1. The number of carbonyl (C=O) groups is 4. The van der Waals surface area contributed by atoms with Crippen molar-refractivity contribution in [3.8, 4) is 11.5 Å². The Bertz CT molecular complexity index is 1990. The molecule has 3 N–H and O–H groups in total. The molecule has 1 aliphatic heterocycles. The van der Waals surface area contributed by atoms with Crippen LogP contribution < -0.4 is 14.8 Å². The van der Waals surface area contributed by atoms with Crippen molar-refractivity contribution in [1.29, 1.82) is 0 Å². The average molecular weight is 723 g/mol. The molecule has 0 saturated carbocycles. The van der Waals surface area contributed by atoms with Crippen LogP contribution in [-0.4, -0.2) is 63.8 Å². The molecule has 0 saturated heterocycles. The van der Waals surface area contributed by atoms with E-state index in [1.54, 1.807) is 88.4 Å². The number of esters is 1. The van der Waals surface area contributed by atoms with Gasteiger partial charge in [-0.15, -0.1) is 0 Å². The Kier molecular flexibility index (Phi) is 12.0. The Morgan fingerprint density at radius 3 is 2.26 bits per heavy atom. The second-order valence-electron chi connectivity index (χ2n) is 13.4. The third kappa shape index (κ3) is 10.2. The lowest BCUT2D eigenvalue weighted by Crippen LogP contribution is -2.44. The van der Waals surface area contributed by atoms with Crippen LogP contribution in [0.3, 0.4) is 0 Å². The highest BCUT2D eigenvalue weighted by Gasteiger charge is 2.35. The van der Waals surface area contributed by atoms with E-state index in [1.807, 2.05) is 42.5 Å². The lowest BCUT2D eigenvalue weighted by molar-refractivity contribution is -0.152. The van der Waals surface area contributed by atoms with Crippen molar-refractivity contribution >= 4 is 35.5 Å². The summed E-state index contributed by atoms with van der Waals surface area (Å²) < 4.78 is 22.6. The maximum absolute atomic E-state index is 14.3. The molecule has 4 aromatic rings. The normalized spacial score (nSPS) is 13.9. The van der Waals surface area contributed by atoms with E-state index in [-0.39, 0.29) is 25.5 Å². The SMILES string of the molecule is CC(C(Cc1ccc(C(=O)Nc2ccccc2)o1)c1ccc2c(c1)OCO2)N(CC=Cc1ccccc1)C(=O)C(O)=C(CC(=O)O)C(=O)OC(C)(C)C. The third-order valence-electron chi connectivity index (χ3n) is 8.37. The predicted molar refractivity (Wildman–Crippen MR) is 197 cm³/mol. The summed E-state index contributed by atoms with van der Waals surface area (Å²) in [5.74, 6) is -4.00. The van der Waals surface area contributed by atoms with Crippen molar-refractivity contribution in [3.05, 3.63) is 131 Å². The number of ether oxygens (including phenoxy) is 3. The quantitative estimate of drug-likeness (QED) is 0.0692. The van der Waals surface area contributed by atoms with Crippen LogP contribution in [0.4, 0.5) is 5.69 Å². The van der Waals surface area contributed by atoms with Crippen LogP contribution in [0.1, 0.15) is 67.5 Å². The molecule has 0 spiro atoms. The highest BCUT2D eigenvalue weighted by molar-refractivity contribution is 6.04. The topological polar surface area (TPSA) is 165 Å². The number of nitrogens with zero attached hydrogens (tertiary/aromatic N) is 1. The van der Waals surface area contributed by atoms with Crippen LogP contribution >= 0.6 is 0 Å². The van der Waals surface area contributed by atoms with Crippen LogP contribution in [0, 0.1) is 0 Å². The van der Waals surface area contributed by atoms with Crippen LogP contribution in [0.5, 0.6) is 11.5 Å². The van der Waals surface area contributed by atoms with Gasteiger partial charge in [-0.25, -0.2) is 4.79 Å². The molecule has 276 valence electrons. The zero-order valence-corrected chi connectivity index (χ0v) is 29.9. The number of para-hydroxylation sites is 1. The summed E-state index contributed by atoms with van der Waals surface area (Å²) in [5.41, 5.74) is 0.472. The molecule has 12 heteroatoms. The van der Waals surface area contributed by atoms with Gasteiger partial charge in [0.1, 0.15) is 11.4 Å². The Morgan fingerprint density at radius 2 is 1.58 bits per heavy atom. The minimum absolute atomic E-state index is 0.0433. The maximum atomic E-state index is 14.3. The molecule has 53 heavy (non-hydrogen) atoms. The Labute approximate surface area is 307 Å². The molecular weight excluding hydrogens is 680 g/mol. The number of carboxylic acid groups (broad SMARTS) is 1. The number of amides is 2. The molecule has 2 unspecified atom stereocenters. The molecule has 0 bridgehead atoms. The fraction of sp³-hybridized carbons (Fsp3) is 0.268. The number of aliphatic hydroxyl groups is 1. The van der Waals surface area contributed by atoms with E-state index in [1.165, 1.54) is 4.90 Å². The van der Waals surface area contributed by atoms with Gasteiger partial charge in [0.15, 0.2) is 23.0 Å². The van der Waals surface area contributed by atoms with Gasteiger partial charge in [0.2, 0.25) is 6.79 Å². The van der Waals surface area contributed by atoms with Crippen molar-refractivity contribution in [1.82, 2.24) is 4.90 Å². The molecule has 3 aromatic carbocycles. The number of nitrogens with one attached hydrogen (secondary N) is 1. The number of hydrogen-bond acceptors (Lipinski definition) is 9. The second-order valence-corrected chi connectivity index (χ2v) is 13.4. The van der Waals surface area contributed by atoms with E-state index in [9.17, 15) is 29.4 Å². The molecule has 5 rings (SSSR count). The first kappa shape index (κ1) is 37.9. The van der Waals surface area contributed by atoms with E-state index >= 15 is 0 Å². The number of hydrogen-bond donors (Lipinski definition) is 3. The predicted octanol–water partition coefficient (Wildman–Crippen LogP) is 7.15. The smallest absolute Gasteiger partial charge is 0.339 e. The molecular formula is C41H42N2O10. The number of fused-ring (bicyclic) bond motifs is 1. The molecule has 2 amide bonds. The fourth-order valence-corrected chi connectivity index (χ4v) is 5.78. The van der Waals surface area contributed by atoms with Gasteiger partial charge in [0, 0.05) is 30.6 Å². The monoisotopic (exact) mass is 722 g/mol. The van der Waals surface area contributed by atoms with Crippen LogP contribution in [0.2, 0.25) is 0 Å². The molecule has 1 aromatic heterocycles. The number of aliphatic carboxylic acids is 1.